The minimum absolute atomic E-state index is 0.777. The molecule has 1 aliphatic heterocycles. The van der Waals surface area contributed by atoms with E-state index in [2.05, 4.69) is 43.0 Å². The van der Waals surface area contributed by atoms with Crippen molar-refractivity contribution in [1.29, 1.82) is 0 Å². The van der Waals surface area contributed by atoms with Crippen LogP contribution in [0.3, 0.4) is 0 Å². The van der Waals surface area contributed by atoms with E-state index in [9.17, 15) is 0 Å². The average Bonchev–Trinajstić information content (AvgIpc) is 3.33. The minimum Gasteiger partial charge on any atom is -0.338 e. The third-order valence-electron chi connectivity index (χ3n) is 5.08. The molecule has 26 heavy (non-hydrogen) atoms. The van der Waals surface area contributed by atoms with Crippen molar-refractivity contribution < 1.29 is 0 Å². The smallest absolute Gasteiger partial charge is 0.227 e. The molecule has 0 atom stereocenters. The summed E-state index contributed by atoms with van der Waals surface area (Å²) in [7, 11) is 0. The molecule has 1 saturated heterocycles. The van der Waals surface area contributed by atoms with Gasteiger partial charge in [0.15, 0.2) is 5.65 Å². The molecule has 4 aromatic rings. The number of nitrogens with one attached hydrogen (secondary N) is 1. The largest absolute Gasteiger partial charge is 0.338 e. The topological polar surface area (TPSA) is 78.8 Å². The standard InChI is InChI=1S/C18H20N8/c1-2-24-5-7-25(8-6-24)18-19-11-16-17(22-18)26(12-20-16)14-3-4-15-13(9-14)10-21-23-15/h3-4,9-12H,2,5-8H2,1H3,(H,21,23). The van der Waals surface area contributed by atoms with Crippen LogP contribution in [0.2, 0.25) is 0 Å². The number of likely N-dealkylation sites (N-methyl/N-ethyl adjacent to an activating group) is 1. The third-order valence-corrected chi connectivity index (χ3v) is 5.08. The maximum Gasteiger partial charge on any atom is 0.227 e. The molecule has 1 aliphatic rings. The molecule has 0 spiro atoms. The van der Waals surface area contributed by atoms with Gasteiger partial charge in [-0.2, -0.15) is 10.1 Å². The van der Waals surface area contributed by atoms with E-state index in [1.54, 1.807) is 6.33 Å². The highest BCUT2D eigenvalue weighted by Gasteiger charge is 2.19. The van der Waals surface area contributed by atoms with Crippen LogP contribution in [0, 0.1) is 0 Å². The lowest BCUT2D eigenvalue weighted by molar-refractivity contribution is 0.270. The van der Waals surface area contributed by atoms with E-state index in [4.69, 9.17) is 4.98 Å². The van der Waals surface area contributed by atoms with Gasteiger partial charge in [0.2, 0.25) is 5.95 Å². The van der Waals surface area contributed by atoms with E-state index in [0.29, 0.717) is 0 Å². The number of rotatable bonds is 3. The molecule has 1 fully saturated rings. The van der Waals surface area contributed by atoms with E-state index < -0.39 is 0 Å². The zero-order valence-corrected chi connectivity index (χ0v) is 14.6. The molecule has 1 aromatic carbocycles. The number of nitrogens with zero attached hydrogens (tertiary/aromatic N) is 7. The van der Waals surface area contributed by atoms with E-state index >= 15 is 0 Å². The Hall–Kier alpha value is -3.00. The fraction of sp³-hybridized carbons (Fsp3) is 0.333. The number of fused-ring (bicyclic) bond motifs is 2. The van der Waals surface area contributed by atoms with Gasteiger partial charge in [0.1, 0.15) is 11.8 Å². The van der Waals surface area contributed by atoms with Gasteiger partial charge in [0.25, 0.3) is 0 Å². The van der Waals surface area contributed by atoms with Gasteiger partial charge in [-0.15, -0.1) is 0 Å². The predicted octanol–water partition coefficient (Wildman–Crippen LogP) is 1.83. The Morgan fingerprint density at radius 1 is 1.08 bits per heavy atom. The molecule has 0 saturated carbocycles. The number of anilines is 1. The molecule has 8 nitrogen and oxygen atoms in total. The van der Waals surface area contributed by atoms with Crippen LogP contribution in [0.1, 0.15) is 6.92 Å². The van der Waals surface area contributed by atoms with Crippen LogP contribution in [-0.2, 0) is 0 Å². The van der Waals surface area contributed by atoms with Crippen molar-refractivity contribution in [1.82, 2.24) is 34.6 Å². The van der Waals surface area contributed by atoms with Crippen molar-refractivity contribution in [3.05, 3.63) is 36.9 Å². The Morgan fingerprint density at radius 2 is 1.96 bits per heavy atom. The van der Waals surface area contributed by atoms with Gasteiger partial charge in [-0.05, 0) is 24.7 Å². The number of imidazole rings is 1. The Balaban J connectivity index is 1.53. The number of piperazine rings is 1. The van der Waals surface area contributed by atoms with Crippen LogP contribution in [0.4, 0.5) is 5.95 Å². The lowest BCUT2D eigenvalue weighted by atomic mass is 10.2. The van der Waals surface area contributed by atoms with Gasteiger partial charge in [0.05, 0.1) is 17.9 Å². The molecule has 0 radical (unpaired) electrons. The summed E-state index contributed by atoms with van der Waals surface area (Å²) in [4.78, 5) is 18.5. The average molecular weight is 348 g/mol. The molecule has 3 aromatic heterocycles. The second kappa shape index (κ2) is 6.06. The van der Waals surface area contributed by atoms with E-state index in [0.717, 1.165) is 66.4 Å². The monoisotopic (exact) mass is 348 g/mol. The van der Waals surface area contributed by atoms with Gasteiger partial charge in [-0.1, -0.05) is 6.92 Å². The summed E-state index contributed by atoms with van der Waals surface area (Å²) >= 11 is 0. The van der Waals surface area contributed by atoms with E-state index in [-0.39, 0.29) is 0 Å². The van der Waals surface area contributed by atoms with Gasteiger partial charge < -0.3 is 9.80 Å². The molecule has 0 bridgehead atoms. The van der Waals surface area contributed by atoms with Gasteiger partial charge in [-0.3, -0.25) is 9.67 Å². The molecule has 0 amide bonds. The Morgan fingerprint density at radius 3 is 2.81 bits per heavy atom. The van der Waals surface area contributed by atoms with Crippen LogP contribution < -0.4 is 4.90 Å². The number of H-pyrrole nitrogens is 1. The van der Waals surface area contributed by atoms with Gasteiger partial charge >= 0.3 is 0 Å². The molecule has 0 aliphatic carbocycles. The first kappa shape index (κ1) is 15.3. The van der Waals surface area contributed by atoms with Crippen molar-refractivity contribution in [3.8, 4) is 5.69 Å². The summed E-state index contributed by atoms with van der Waals surface area (Å²) in [5.74, 6) is 0.777. The van der Waals surface area contributed by atoms with Gasteiger partial charge in [0, 0.05) is 37.3 Å². The maximum absolute atomic E-state index is 4.83. The second-order valence-corrected chi connectivity index (χ2v) is 6.56. The number of hydrogen-bond donors (Lipinski definition) is 1. The summed E-state index contributed by atoms with van der Waals surface area (Å²) in [6, 6.07) is 6.15. The zero-order valence-electron chi connectivity index (χ0n) is 14.6. The number of benzene rings is 1. The molecular formula is C18H20N8. The second-order valence-electron chi connectivity index (χ2n) is 6.56. The van der Waals surface area contributed by atoms with Gasteiger partial charge in [-0.25, -0.2) is 9.97 Å². The molecule has 1 N–H and O–H groups in total. The van der Waals surface area contributed by atoms with Crippen LogP contribution >= 0.6 is 0 Å². The van der Waals surface area contributed by atoms with Crippen molar-refractivity contribution in [2.24, 2.45) is 0 Å². The SMILES string of the molecule is CCN1CCN(c2ncc3ncn(-c4ccc5[nH]ncc5c4)c3n2)CC1. The first-order chi connectivity index (χ1) is 12.8. The number of hydrogen-bond acceptors (Lipinski definition) is 6. The highest BCUT2D eigenvalue weighted by molar-refractivity contribution is 5.81. The van der Waals surface area contributed by atoms with Crippen molar-refractivity contribution in [2.45, 2.75) is 6.92 Å². The number of aromatic nitrogens is 6. The number of aromatic amines is 1. The lowest BCUT2D eigenvalue weighted by Crippen LogP contribution is -2.46. The highest BCUT2D eigenvalue weighted by atomic mass is 15.3. The molecular weight excluding hydrogens is 328 g/mol. The molecule has 5 rings (SSSR count). The molecule has 132 valence electrons. The van der Waals surface area contributed by atoms with Crippen LogP contribution in [-0.4, -0.2) is 67.3 Å². The fourth-order valence-corrected chi connectivity index (χ4v) is 3.49. The first-order valence-corrected chi connectivity index (χ1v) is 8.93. The minimum atomic E-state index is 0.777. The molecule has 8 heteroatoms. The summed E-state index contributed by atoms with van der Waals surface area (Å²) in [5, 5.41) is 8.13. The normalized spacial score (nSPS) is 16.0. The van der Waals surface area contributed by atoms with E-state index in [1.807, 2.05) is 29.1 Å². The van der Waals surface area contributed by atoms with Crippen LogP contribution in [0.25, 0.3) is 27.8 Å². The summed E-state index contributed by atoms with van der Waals surface area (Å²) < 4.78 is 2.01. The first-order valence-electron chi connectivity index (χ1n) is 8.93. The predicted molar refractivity (Wildman–Crippen MR) is 101 cm³/mol. The maximum atomic E-state index is 4.83. The summed E-state index contributed by atoms with van der Waals surface area (Å²) in [6.07, 6.45) is 5.45. The Kier molecular flexibility index (Phi) is 3.56. The highest BCUT2D eigenvalue weighted by Crippen LogP contribution is 2.22. The lowest BCUT2D eigenvalue weighted by Gasteiger charge is -2.33. The van der Waals surface area contributed by atoms with Crippen molar-refractivity contribution in [2.75, 3.05) is 37.6 Å². The van der Waals surface area contributed by atoms with Crippen molar-refractivity contribution >= 4 is 28.0 Å². The Bertz CT molecular complexity index is 1060. The van der Waals surface area contributed by atoms with Crippen LogP contribution in [0.5, 0.6) is 0 Å². The summed E-state index contributed by atoms with van der Waals surface area (Å²) in [6.45, 7) is 7.30. The van der Waals surface area contributed by atoms with Crippen LogP contribution in [0.15, 0.2) is 36.9 Å². The molecule has 4 heterocycles. The van der Waals surface area contributed by atoms with Crippen molar-refractivity contribution in [3.63, 3.8) is 0 Å². The zero-order chi connectivity index (χ0) is 17.5. The van der Waals surface area contributed by atoms with E-state index in [1.165, 1.54) is 0 Å². The Labute approximate surface area is 150 Å². The third kappa shape index (κ3) is 2.50. The quantitative estimate of drug-likeness (QED) is 0.609. The summed E-state index contributed by atoms with van der Waals surface area (Å²) in [5.41, 5.74) is 3.66. The fourth-order valence-electron chi connectivity index (χ4n) is 3.49. The molecule has 0 unspecified atom stereocenters.